The lowest BCUT2D eigenvalue weighted by Gasteiger charge is -2.22. The quantitative estimate of drug-likeness (QED) is 0.626. The third kappa shape index (κ3) is 14.1. The molecular weight excluding hydrogens is 168 g/mol. The highest BCUT2D eigenvalue weighted by Gasteiger charge is 2.16. The molecule has 1 amide bonds. The molecule has 0 aliphatic heterocycles. The van der Waals surface area contributed by atoms with Gasteiger partial charge in [0.05, 0.1) is 0 Å². The average molecular weight is 190 g/mol. The van der Waals surface area contributed by atoms with Gasteiger partial charge in [0.15, 0.2) is 0 Å². The van der Waals surface area contributed by atoms with Gasteiger partial charge in [0.1, 0.15) is 5.60 Å². The Morgan fingerprint density at radius 1 is 1.23 bits per heavy atom. The molecule has 4 heteroatoms. The Labute approximate surface area is 81.2 Å². The first kappa shape index (κ1) is 14.7. The summed E-state index contributed by atoms with van der Waals surface area (Å²) >= 11 is 0. The molecular formula is C9H22N2O2. The normalized spacial score (nSPS) is 9.77. The van der Waals surface area contributed by atoms with Crippen LogP contribution in [0.25, 0.3) is 0 Å². The molecule has 0 atom stereocenters. The topological polar surface area (TPSA) is 41.6 Å². The largest absolute Gasteiger partial charge is 0.444 e. The molecule has 0 unspecified atom stereocenters. The molecule has 0 aliphatic rings. The highest BCUT2D eigenvalue weighted by Crippen LogP contribution is 2.07. The Morgan fingerprint density at radius 2 is 1.54 bits per heavy atom. The minimum absolute atomic E-state index is 0.299. The first-order valence-electron chi connectivity index (χ1n) is 4.23. The van der Waals surface area contributed by atoms with E-state index in [1.54, 1.807) is 14.1 Å². The summed E-state index contributed by atoms with van der Waals surface area (Å²) in [5, 5.41) is 2.75. The summed E-state index contributed by atoms with van der Waals surface area (Å²) in [5.74, 6) is 0. The van der Waals surface area contributed by atoms with E-state index in [2.05, 4.69) is 5.32 Å². The Kier molecular flexibility index (Phi) is 7.61. The molecule has 0 aliphatic carbocycles. The molecule has 0 aromatic carbocycles. The minimum Gasteiger partial charge on any atom is -0.444 e. The molecule has 4 nitrogen and oxygen atoms in total. The van der Waals surface area contributed by atoms with Gasteiger partial charge in [-0.3, -0.25) is 0 Å². The predicted octanol–water partition coefficient (Wildman–Crippen LogP) is 1.32. The second kappa shape index (κ2) is 6.71. The lowest BCUT2D eigenvalue weighted by molar-refractivity contribution is 0.0341. The van der Waals surface area contributed by atoms with E-state index in [-0.39, 0.29) is 11.7 Å². The monoisotopic (exact) mass is 190 g/mol. The number of hydrogen-bond acceptors (Lipinski definition) is 3. The third-order valence-corrected chi connectivity index (χ3v) is 0.759. The van der Waals surface area contributed by atoms with Crippen LogP contribution in [0.5, 0.6) is 0 Å². The molecule has 0 heterocycles. The zero-order chi connectivity index (χ0) is 11.1. The van der Waals surface area contributed by atoms with Crippen LogP contribution in [0.15, 0.2) is 0 Å². The van der Waals surface area contributed by atoms with Crippen molar-refractivity contribution in [2.45, 2.75) is 26.4 Å². The lowest BCUT2D eigenvalue weighted by Crippen LogP contribution is -2.31. The zero-order valence-electron chi connectivity index (χ0n) is 9.76. The van der Waals surface area contributed by atoms with E-state index in [1.165, 1.54) is 4.90 Å². The Morgan fingerprint density at radius 3 is 1.62 bits per heavy atom. The van der Waals surface area contributed by atoms with Crippen molar-refractivity contribution in [3.8, 4) is 0 Å². The van der Waals surface area contributed by atoms with Crippen LogP contribution in [0.4, 0.5) is 4.79 Å². The van der Waals surface area contributed by atoms with Crippen LogP contribution >= 0.6 is 0 Å². The summed E-state index contributed by atoms with van der Waals surface area (Å²) < 4.78 is 4.99. The maximum absolute atomic E-state index is 10.9. The number of hydrogen-bond donors (Lipinski definition) is 1. The van der Waals surface area contributed by atoms with E-state index in [9.17, 15) is 4.79 Å². The number of nitrogens with zero attached hydrogens (tertiary/aromatic N) is 1. The molecule has 0 aromatic heterocycles. The Balaban J connectivity index is 0. The van der Waals surface area contributed by atoms with Gasteiger partial charge in [-0.05, 0) is 34.9 Å². The Bertz CT molecular complexity index is 139. The number of carbonyl (C=O) groups is 1. The van der Waals surface area contributed by atoms with E-state index in [1.807, 2.05) is 34.9 Å². The SMILES string of the molecule is CN(C)C(=O)OC(C)(C)C.CNC. The van der Waals surface area contributed by atoms with Crippen molar-refractivity contribution in [1.29, 1.82) is 0 Å². The van der Waals surface area contributed by atoms with E-state index >= 15 is 0 Å². The van der Waals surface area contributed by atoms with Gasteiger partial charge in [-0.2, -0.15) is 0 Å². The second-order valence-corrected chi connectivity index (χ2v) is 3.87. The predicted molar refractivity (Wildman–Crippen MR) is 54.9 cm³/mol. The summed E-state index contributed by atoms with van der Waals surface area (Å²) in [5.41, 5.74) is -0.388. The van der Waals surface area contributed by atoms with E-state index in [0.717, 1.165) is 0 Å². The van der Waals surface area contributed by atoms with Gasteiger partial charge in [-0.1, -0.05) is 0 Å². The van der Waals surface area contributed by atoms with Crippen LogP contribution in [0.2, 0.25) is 0 Å². The van der Waals surface area contributed by atoms with Crippen LogP contribution in [-0.4, -0.2) is 44.8 Å². The van der Waals surface area contributed by atoms with Gasteiger partial charge >= 0.3 is 6.09 Å². The first-order valence-corrected chi connectivity index (χ1v) is 4.23. The van der Waals surface area contributed by atoms with Crippen LogP contribution in [0.3, 0.4) is 0 Å². The maximum Gasteiger partial charge on any atom is 0.409 e. The number of rotatable bonds is 0. The minimum atomic E-state index is -0.388. The summed E-state index contributed by atoms with van der Waals surface area (Å²) in [6, 6.07) is 0. The number of ether oxygens (including phenoxy) is 1. The van der Waals surface area contributed by atoms with Crippen LogP contribution in [0, 0.1) is 0 Å². The number of nitrogens with one attached hydrogen (secondary N) is 1. The van der Waals surface area contributed by atoms with E-state index < -0.39 is 0 Å². The van der Waals surface area contributed by atoms with Gasteiger partial charge in [-0.25, -0.2) is 4.79 Å². The van der Waals surface area contributed by atoms with Crippen molar-refractivity contribution >= 4 is 6.09 Å². The van der Waals surface area contributed by atoms with E-state index in [0.29, 0.717) is 0 Å². The smallest absolute Gasteiger partial charge is 0.409 e. The first-order chi connectivity index (χ1) is 5.74. The zero-order valence-corrected chi connectivity index (χ0v) is 9.76. The highest BCUT2D eigenvalue weighted by atomic mass is 16.6. The van der Waals surface area contributed by atoms with Crippen LogP contribution in [-0.2, 0) is 4.74 Å². The van der Waals surface area contributed by atoms with Crippen molar-refractivity contribution < 1.29 is 9.53 Å². The molecule has 0 bridgehead atoms. The highest BCUT2D eigenvalue weighted by molar-refractivity contribution is 5.67. The van der Waals surface area contributed by atoms with Crippen molar-refractivity contribution in [2.24, 2.45) is 0 Å². The van der Waals surface area contributed by atoms with Gasteiger partial charge in [0.2, 0.25) is 0 Å². The fourth-order valence-electron chi connectivity index (χ4n) is 0.353. The fourth-order valence-corrected chi connectivity index (χ4v) is 0.353. The van der Waals surface area contributed by atoms with Crippen molar-refractivity contribution in [3.63, 3.8) is 0 Å². The molecule has 0 fully saturated rings. The number of amides is 1. The van der Waals surface area contributed by atoms with Crippen LogP contribution < -0.4 is 5.32 Å². The summed E-state index contributed by atoms with van der Waals surface area (Å²) in [7, 11) is 7.07. The summed E-state index contributed by atoms with van der Waals surface area (Å²) in [6.45, 7) is 5.52. The van der Waals surface area contributed by atoms with Crippen molar-refractivity contribution in [3.05, 3.63) is 0 Å². The third-order valence-electron chi connectivity index (χ3n) is 0.759. The Hall–Kier alpha value is -0.770. The molecule has 0 saturated heterocycles. The molecule has 0 saturated carbocycles. The van der Waals surface area contributed by atoms with Gasteiger partial charge in [0.25, 0.3) is 0 Å². The van der Waals surface area contributed by atoms with E-state index in [4.69, 9.17) is 4.74 Å². The molecule has 1 N–H and O–H groups in total. The second-order valence-electron chi connectivity index (χ2n) is 3.87. The molecule has 0 aromatic rings. The lowest BCUT2D eigenvalue weighted by atomic mass is 10.2. The molecule has 0 spiro atoms. The fraction of sp³-hybridized carbons (Fsp3) is 0.889. The van der Waals surface area contributed by atoms with Crippen LogP contribution in [0.1, 0.15) is 20.8 Å². The average Bonchev–Trinajstić information content (AvgIpc) is 1.84. The molecule has 0 rings (SSSR count). The number of carbonyl (C=O) groups excluding carboxylic acids is 1. The van der Waals surface area contributed by atoms with Crippen molar-refractivity contribution in [1.82, 2.24) is 10.2 Å². The molecule has 13 heavy (non-hydrogen) atoms. The summed E-state index contributed by atoms with van der Waals surface area (Å²) in [6.07, 6.45) is -0.299. The molecule has 0 radical (unpaired) electrons. The van der Waals surface area contributed by atoms with Gasteiger partial charge in [-0.15, -0.1) is 0 Å². The summed E-state index contributed by atoms with van der Waals surface area (Å²) in [4.78, 5) is 12.3. The van der Waals surface area contributed by atoms with Gasteiger partial charge in [0, 0.05) is 14.1 Å². The van der Waals surface area contributed by atoms with Crippen molar-refractivity contribution in [2.75, 3.05) is 28.2 Å². The standard InChI is InChI=1S/C7H15NO2.C2H7N/c1-7(2,3)10-6(9)8(4)5;1-3-2/h1-5H3;3H,1-2H3. The van der Waals surface area contributed by atoms with Gasteiger partial charge < -0.3 is 15.0 Å². The maximum atomic E-state index is 10.9. The molecule has 80 valence electrons.